The minimum absolute atomic E-state index is 0.124. The Balaban J connectivity index is 1.98. The molecule has 1 fully saturated rings. The van der Waals surface area contributed by atoms with Crippen molar-refractivity contribution in [3.63, 3.8) is 0 Å². The molecule has 3 N–H and O–H groups in total. The molecule has 21 heavy (non-hydrogen) atoms. The van der Waals surface area contributed by atoms with Crippen molar-refractivity contribution in [2.75, 3.05) is 5.32 Å². The lowest BCUT2D eigenvalue weighted by molar-refractivity contribution is 0.0691. The van der Waals surface area contributed by atoms with Crippen molar-refractivity contribution in [2.24, 2.45) is 5.41 Å². The van der Waals surface area contributed by atoms with Crippen LogP contribution in [0.3, 0.4) is 0 Å². The Labute approximate surface area is 124 Å². The summed E-state index contributed by atoms with van der Waals surface area (Å²) in [5.74, 6) is -1.16. The van der Waals surface area contributed by atoms with Gasteiger partial charge in [-0.3, -0.25) is 0 Å². The molecule has 1 heterocycles. The number of carbonyl (C=O) groups excluding carboxylic acids is 1. The normalized spacial score (nSPS) is 20.6. The molecule has 1 aromatic rings. The van der Waals surface area contributed by atoms with Gasteiger partial charge in [-0.05, 0) is 36.8 Å². The predicted molar refractivity (Wildman–Crippen MR) is 79.4 cm³/mol. The van der Waals surface area contributed by atoms with E-state index in [2.05, 4.69) is 29.5 Å². The van der Waals surface area contributed by atoms with E-state index in [1.54, 1.807) is 6.07 Å². The monoisotopic (exact) mass is 291 g/mol. The first-order valence-electron chi connectivity index (χ1n) is 7.13. The van der Waals surface area contributed by atoms with Gasteiger partial charge in [0, 0.05) is 12.2 Å². The quantitative estimate of drug-likeness (QED) is 0.798. The van der Waals surface area contributed by atoms with Crippen molar-refractivity contribution in [1.29, 1.82) is 0 Å². The molecule has 1 aliphatic rings. The predicted octanol–water partition coefficient (Wildman–Crippen LogP) is 2.87. The molecule has 1 atom stereocenters. The van der Waals surface area contributed by atoms with Gasteiger partial charge in [0.25, 0.3) is 0 Å². The number of hydrogen-bond donors (Lipinski definition) is 3. The van der Waals surface area contributed by atoms with E-state index in [-0.39, 0.29) is 28.9 Å². The number of aromatic carboxylic acids is 1. The summed E-state index contributed by atoms with van der Waals surface area (Å²) >= 11 is 0. The molecule has 2 rings (SSSR count). The fourth-order valence-electron chi connectivity index (χ4n) is 2.84. The molecule has 114 valence electrons. The van der Waals surface area contributed by atoms with Crippen LogP contribution in [0.4, 0.5) is 10.5 Å². The van der Waals surface area contributed by atoms with Crippen molar-refractivity contribution in [3.05, 3.63) is 24.0 Å². The Morgan fingerprint density at radius 1 is 1.43 bits per heavy atom. The van der Waals surface area contributed by atoms with Crippen LogP contribution in [0.5, 0.6) is 0 Å². The number of pyridine rings is 1. The van der Waals surface area contributed by atoms with Gasteiger partial charge in [0.05, 0.1) is 5.69 Å². The van der Waals surface area contributed by atoms with Crippen LogP contribution < -0.4 is 10.6 Å². The summed E-state index contributed by atoms with van der Waals surface area (Å²) in [4.78, 5) is 26.8. The molecule has 0 aromatic carbocycles. The second kappa shape index (κ2) is 6.11. The Morgan fingerprint density at radius 3 is 2.86 bits per heavy atom. The number of amides is 2. The number of hydrogen-bond acceptors (Lipinski definition) is 3. The number of carbonyl (C=O) groups is 2. The lowest BCUT2D eigenvalue weighted by Gasteiger charge is -2.35. The average molecular weight is 291 g/mol. The summed E-state index contributed by atoms with van der Waals surface area (Å²) in [5.41, 5.74) is 0.283. The second-order valence-corrected chi connectivity index (χ2v) is 6.26. The summed E-state index contributed by atoms with van der Waals surface area (Å²) in [6, 6.07) is 2.86. The second-order valence-electron chi connectivity index (χ2n) is 6.26. The van der Waals surface area contributed by atoms with Gasteiger partial charge in [-0.1, -0.05) is 20.3 Å². The molecular weight excluding hydrogens is 270 g/mol. The van der Waals surface area contributed by atoms with E-state index in [1.807, 2.05) is 0 Å². The molecule has 0 aliphatic heterocycles. The zero-order chi connectivity index (χ0) is 15.5. The average Bonchev–Trinajstić information content (AvgIpc) is 2.37. The highest BCUT2D eigenvalue weighted by atomic mass is 16.4. The van der Waals surface area contributed by atoms with Gasteiger partial charge in [0.15, 0.2) is 5.69 Å². The van der Waals surface area contributed by atoms with E-state index >= 15 is 0 Å². The molecule has 1 saturated carbocycles. The standard InChI is InChI=1S/C15H21N3O3/c1-15(2)7-3-5-10(9-15)17-14(21)18-11-6-4-8-16-12(11)13(19)20/h4,6,8,10H,3,5,7,9H2,1-2H3,(H,19,20)(H2,17,18,21). The van der Waals surface area contributed by atoms with Crippen LogP contribution in [-0.4, -0.2) is 28.1 Å². The third kappa shape index (κ3) is 4.18. The summed E-state index contributed by atoms with van der Waals surface area (Å²) in [6.07, 6.45) is 5.52. The summed E-state index contributed by atoms with van der Waals surface area (Å²) in [5, 5.41) is 14.5. The number of carboxylic acids is 1. The first-order chi connectivity index (χ1) is 9.87. The third-order valence-corrected chi connectivity index (χ3v) is 3.80. The van der Waals surface area contributed by atoms with Gasteiger partial charge >= 0.3 is 12.0 Å². The van der Waals surface area contributed by atoms with Crippen LogP contribution in [0, 0.1) is 5.41 Å². The van der Waals surface area contributed by atoms with E-state index < -0.39 is 5.97 Å². The van der Waals surface area contributed by atoms with Crippen LogP contribution in [0.1, 0.15) is 50.0 Å². The number of urea groups is 1. The Morgan fingerprint density at radius 2 is 2.19 bits per heavy atom. The first-order valence-corrected chi connectivity index (χ1v) is 7.13. The largest absolute Gasteiger partial charge is 0.476 e. The fourth-order valence-corrected chi connectivity index (χ4v) is 2.84. The number of nitrogens with zero attached hydrogens (tertiary/aromatic N) is 1. The van der Waals surface area contributed by atoms with Crippen LogP contribution in [0.25, 0.3) is 0 Å². The highest BCUT2D eigenvalue weighted by Crippen LogP contribution is 2.35. The smallest absolute Gasteiger partial charge is 0.356 e. The Kier molecular flexibility index (Phi) is 4.45. The van der Waals surface area contributed by atoms with Gasteiger partial charge in [-0.25, -0.2) is 14.6 Å². The first kappa shape index (κ1) is 15.3. The van der Waals surface area contributed by atoms with E-state index in [4.69, 9.17) is 5.11 Å². The minimum Gasteiger partial charge on any atom is -0.476 e. The molecule has 6 nitrogen and oxygen atoms in total. The number of aromatic nitrogens is 1. The fraction of sp³-hybridized carbons (Fsp3) is 0.533. The molecule has 0 radical (unpaired) electrons. The maximum atomic E-state index is 12.0. The van der Waals surface area contributed by atoms with Gasteiger partial charge in [-0.2, -0.15) is 0 Å². The van der Waals surface area contributed by atoms with E-state index in [9.17, 15) is 9.59 Å². The number of nitrogens with one attached hydrogen (secondary N) is 2. The molecule has 6 heteroatoms. The topological polar surface area (TPSA) is 91.3 Å². The zero-order valence-corrected chi connectivity index (χ0v) is 12.3. The molecule has 0 spiro atoms. The number of rotatable bonds is 3. The highest BCUT2D eigenvalue weighted by molar-refractivity contribution is 5.98. The van der Waals surface area contributed by atoms with Crippen LogP contribution in [-0.2, 0) is 0 Å². The summed E-state index contributed by atoms with van der Waals surface area (Å²) in [6.45, 7) is 4.39. The van der Waals surface area contributed by atoms with Crippen molar-refractivity contribution >= 4 is 17.7 Å². The van der Waals surface area contributed by atoms with Crippen molar-refractivity contribution < 1.29 is 14.7 Å². The summed E-state index contributed by atoms with van der Waals surface area (Å²) < 4.78 is 0. The van der Waals surface area contributed by atoms with E-state index in [0.717, 1.165) is 19.3 Å². The van der Waals surface area contributed by atoms with Crippen molar-refractivity contribution in [1.82, 2.24) is 10.3 Å². The Hall–Kier alpha value is -2.11. The van der Waals surface area contributed by atoms with Crippen LogP contribution >= 0.6 is 0 Å². The molecular formula is C15H21N3O3. The summed E-state index contributed by atoms with van der Waals surface area (Å²) in [7, 11) is 0. The van der Waals surface area contributed by atoms with E-state index in [0.29, 0.717) is 0 Å². The van der Waals surface area contributed by atoms with Gasteiger partial charge in [-0.15, -0.1) is 0 Å². The minimum atomic E-state index is -1.16. The third-order valence-electron chi connectivity index (χ3n) is 3.80. The SMILES string of the molecule is CC1(C)CCCC(NC(=O)Nc2cccnc2C(=O)O)C1. The maximum Gasteiger partial charge on any atom is 0.356 e. The Bertz CT molecular complexity index is 543. The number of carboxylic acid groups (broad SMARTS) is 1. The van der Waals surface area contributed by atoms with Crippen LogP contribution in [0.2, 0.25) is 0 Å². The van der Waals surface area contributed by atoms with Gasteiger partial charge < -0.3 is 15.7 Å². The van der Waals surface area contributed by atoms with Crippen molar-refractivity contribution in [3.8, 4) is 0 Å². The molecule has 1 unspecified atom stereocenters. The highest BCUT2D eigenvalue weighted by Gasteiger charge is 2.28. The van der Waals surface area contributed by atoms with Crippen LogP contribution in [0.15, 0.2) is 18.3 Å². The van der Waals surface area contributed by atoms with Gasteiger partial charge in [0.1, 0.15) is 0 Å². The van der Waals surface area contributed by atoms with Crippen molar-refractivity contribution in [2.45, 2.75) is 45.6 Å². The number of anilines is 1. The zero-order valence-electron chi connectivity index (χ0n) is 12.3. The molecule has 1 aromatic heterocycles. The molecule has 2 amide bonds. The molecule has 1 aliphatic carbocycles. The maximum absolute atomic E-state index is 12.0. The lowest BCUT2D eigenvalue weighted by atomic mass is 9.75. The van der Waals surface area contributed by atoms with E-state index in [1.165, 1.54) is 18.7 Å². The lowest BCUT2D eigenvalue weighted by Crippen LogP contribution is -2.42. The molecule has 0 bridgehead atoms. The molecule has 0 saturated heterocycles. The van der Waals surface area contributed by atoms with Gasteiger partial charge in [0.2, 0.25) is 0 Å².